The largest absolute Gasteiger partial charge is 0.339 e. The number of hydrogen-bond acceptors (Lipinski definition) is 6. The first-order valence-electron chi connectivity index (χ1n) is 8.70. The molecule has 2 aromatic heterocycles. The van der Waals surface area contributed by atoms with Crippen molar-refractivity contribution in [3.8, 4) is 11.4 Å². The lowest BCUT2D eigenvalue weighted by Crippen LogP contribution is -2.47. The number of aromatic nitrogens is 4. The van der Waals surface area contributed by atoms with E-state index < -0.39 is 0 Å². The van der Waals surface area contributed by atoms with Crippen LogP contribution in [0.25, 0.3) is 11.4 Å². The third-order valence-corrected chi connectivity index (χ3v) is 5.21. The lowest BCUT2D eigenvalue weighted by Gasteiger charge is -2.35. The van der Waals surface area contributed by atoms with E-state index in [0.29, 0.717) is 17.3 Å². The predicted molar refractivity (Wildman–Crippen MR) is 115 cm³/mol. The maximum Gasteiger partial charge on any atom is 0.255 e. The minimum atomic E-state index is -0.104. The molecule has 1 atom stereocenters. The van der Waals surface area contributed by atoms with Crippen molar-refractivity contribution in [3.05, 3.63) is 69.3 Å². The Balaban J connectivity index is 0.00000225. The summed E-state index contributed by atoms with van der Waals surface area (Å²) in [6.07, 6.45) is 3.11. The zero-order chi connectivity index (χ0) is 18.8. The van der Waals surface area contributed by atoms with Gasteiger partial charge in [-0.05, 0) is 23.8 Å². The zero-order valence-corrected chi connectivity index (χ0v) is 17.7. The fraction of sp³-hybridized carbons (Fsp3) is 0.263. The molecule has 0 spiro atoms. The minimum Gasteiger partial charge on any atom is -0.339 e. The van der Waals surface area contributed by atoms with Crippen LogP contribution in [0.3, 0.4) is 0 Å². The van der Waals surface area contributed by atoms with E-state index in [1.165, 1.54) is 18.0 Å². The molecule has 9 heteroatoms. The predicted octanol–water partition coefficient (Wildman–Crippen LogP) is 2.57. The molecule has 0 amide bonds. The Kier molecular flexibility index (Phi) is 6.43. The molecule has 0 bridgehead atoms. The second-order valence-corrected chi connectivity index (χ2v) is 7.35. The van der Waals surface area contributed by atoms with Crippen molar-refractivity contribution < 1.29 is 0 Å². The Hall–Kier alpha value is -2.29. The van der Waals surface area contributed by atoms with Crippen LogP contribution >= 0.6 is 28.3 Å². The normalized spacial score (nSPS) is 16.5. The van der Waals surface area contributed by atoms with Gasteiger partial charge < -0.3 is 10.2 Å². The van der Waals surface area contributed by atoms with Crippen LogP contribution in [0.1, 0.15) is 11.6 Å². The topological polar surface area (TPSA) is 75.9 Å². The Morgan fingerprint density at radius 3 is 2.68 bits per heavy atom. The third-order valence-electron chi connectivity index (χ3n) is 4.69. The van der Waals surface area contributed by atoms with Gasteiger partial charge in [-0.3, -0.25) is 9.36 Å². The first-order valence-corrected chi connectivity index (χ1v) is 9.49. The molecular formula is C19H20BrClN6O. The first-order chi connectivity index (χ1) is 13.1. The van der Waals surface area contributed by atoms with Crippen LogP contribution in [0.5, 0.6) is 0 Å². The highest BCUT2D eigenvalue weighted by Crippen LogP contribution is 2.23. The van der Waals surface area contributed by atoms with E-state index in [4.69, 9.17) is 4.98 Å². The second-order valence-electron chi connectivity index (χ2n) is 6.44. The molecule has 0 radical (unpaired) electrons. The fourth-order valence-electron chi connectivity index (χ4n) is 3.23. The summed E-state index contributed by atoms with van der Waals surface area (Å²) in [5, 5.41) is 3.54. The summed E-state index contributed by atoms with van der Waals surface area (Å²) in [5.74, 6) is 0.653. The van der Waals surface area contributed by atoms with Gasteiger partial charge in [0.2, 0.25) is 5.95 Å². The SMILES string of the molecule is Cl.Cn1c(N2CCNC(c3ccc(Br)cc3)C2)nc(-c2ccncn2)cc1=O. The van der Waals surface area contributed by atoms with Crippen LogP contribution in [0, 0.1) is 0 Å². The number of rotatable bonds is 3. The summed E-state index contributed by atoms with van der Waals surface area (Å²) in [4.78, 5) is 27.5. The monoisotopic (exact) mass is 462 g/mol. The Morgan fingerprint density at radius 1 is 1.18 bits per heavy atom. The van der Waals surface area contributed by atoms with Crippen molar-refractivity contribution in [3.63, 3.8) is 0 Å². The average Bonchev–Trinajstić information content (AvgIpc) is 2.71. The molecule has 1 saturated heterocycles. The van der Waals surface area contributed by atoms with Gasteiger partial charge in [0.05, 0.1) is 11.4 Å². The van der Waals surface area contributed by atoms with Gasteiger partial charge in [-0.15, -0.1) is 12.4 Å². The maximum absolute atomic E-state index is 12.5. The summed E-state index contributed by atoms with van der Waals surface area (Å²) < 4.78 is 2.65. The molecule has 7 nitrogen and oxygen atoms in total. The smallest absolute Gasteiger partial charge is 0.255 e. The van der Waals surface area contributed by atoms with Crippen molar-refractivity contribution in [2.45, 2.75) is 6.04 Å². The highest BCUT2D eigenvalue weighted by molar-refractivity contribution is 9.10. The van der Waals surface area contributed by atoms with Crippen LogP contribution in [0.2, 0.25) is 0 Å². The standard InChI is InChI=1S/C19H19BrN6O.ClH/c1-25-18(27)10-16(15-6-7-21-12-23-15)24-19(25)26-9-8-22-17(11-26)13-2-4-14(20)5-3-13;/h2-7,10,12,17,22H,8-9,11H2,1H3;1H. The molecule has 4 rings (SSSR count). The van der Waals surface area contributed by atoms with Crippen LogP contribution in [-0.4, -0.2) is 39.2 Å². The highest BCUT2D eigenvalue weighted by atomic mass is 79.9. The molecule has 0 saturated carbocycles. The number of hydrogen-bond donors (Lipinski definition) is 1. The molecule has 1 unspecified atom stereocenters. The van der Waals surface area contributed by atoms with E-state index >= 15 is 0 Å². The van der Waals surface area contributed by atoms with E-state index in [1.54, 1.807) is 23.9 Å². The third kappa shape index (κ3) is 4.24. The molecule has 1 fully saturated rings. The van der Waals surface area contributed by atoms with E-state index in [-0.39, 0.29) is 24.0 Å². The van der Waals surface area contributed by atoms with Crippen LogP contribution < -0.4 is 15.8 Å². The fourth-order valence-corrected chi connectivity index (χ4v) is 3.50. The molecule has 3 heterocycles. The Morgan fingerprint density at radius 2 is 1.96 bits per heavy atom. The number of benzene rings is 1. The van der Waals surface area contributed by atoms with E-state index in [0.717, 1.165) is 24.1 Å². The quantitative estimate of drug-likeness (QED) is 0.643. The number of piperazine rings is 1. The van der Waals surface area contributed by atoms with E-state index in [2.05, 4.69) is 48.2 Å². The molecule has 1 N–H and O–H groups in total. The van der Waals surface area contributed by atoms with Gasteiger partial charge in [0.15, 0.2) is 0 Å². The second kappa shape index (κ2) is 8.81. The minimum absolute atomic E-state index is 0. The molecule has 0 aliphatic carbocycles. The van der Waals surface area contributed by atoms with Gasteiger partial charge >= 0.3 is 0 Å². The van der Waals surface area contributed by atoms with Gasteiger partial charge in [0.1, 0.15) is 6.33 Å². The first kappa shape index (κ1) is 20.4. The molecule has 146 valence electrons. The summed E-state index contributed by atoms with van der Waals surface area (Å²) >= 11 is 3.48. The molecule has 3 aromatic rings. The lowest BCUT2D eigenvalue weighted by atomic mass is 10.0. The van der Waals surface area contributed by atoms with Crippen LogP contribution in [0.15, 0.2) is 58.2 Å². The van der Waals surface area contributed by atoms with Crippen molar-refractivity contribution >= 4 is 34.3 Å². The number of nitrogens with one attached hydrogen (secondary N) is 1. The van der Waals surface area contributed by atoms with Crippen molar-refractivity contribution in [1.82, 2.24) is 24.8 Å². The van der Waals surface area contributed by atoms with Gasteiger partial charge in [-0.2, -0.15) is 0 Å². The van der Waals surface area contributed by atoms with Gasteiger partial charge in [-0.25, -0.2) is 15.0 Å². The number of halogens is 2. The highest BCUT2D eigenvalue weighted by Gasteiger charge is 2.24. The van der Waals surface area contributed by atoms with Gasteiger partial charge in [-0.1, -0.05) is 28.1 Å². The molecular weight excluding hydrogens is 444 g/mol. The van der Waals surface area contributed by atoms with Crippen LogP contribution in [0.4, 0.5) is 5.95 Å². The van der Waals surface area contributed by atoms with Crippen molar-refractivity contribution in [2.24, 2.45) is 7.05 Å². The van der Waals surface area contributed by atoms with Crippen molar-refractivity contribution in [1.29, 1.82) is 0 Å². The van der Waals surface area contributed by atoms with Crippen molar-refractivity contribution in [2.75, 3.05) is 24.5 Å². The van der Waals surface area contributed by atoms with Crippen LogP contribution in [-0.2, 0) is 7.05 Å². The van der Waals surface area contributed by atoms with E-state index in [9.17, 15) is 4.79 Å². The summed E-state index contributed by atoms with van der Waals surface area (Å²) in [7, 11) is 1.76. The number of anilines is 1. The molecule has 1 aromatic carbocycles. The molecule has 28 heavy (non-hydrogen) atoms. The van der Waals surface area contributed by atoms with Gasteiger partial charge in [0.25, 0.3) is 5.56 Å². The molecule has 1 aliphatic rings. The lowest BCUT2D eigenvalue weighted by molar-refractivity contribution is 0.462. The van der Waals surface area contributed by atoms with E-state index in [1.807, 2.05) is 12.1 Å². The zero-order valence-electron chi connectivity index (χ0n) is 15.2. The summed E-state index contributed by atoms with van der Waals surface area (Å²) in [5.41, 5.74) is 2.31. The number of nitrogens with zero attached hydrogens (tertiary/aromatic N) is 5. The maximum atomic E-state index is 12.5. The average molecular weight is 464 g/mol. The Labute approximate surface area is 177 Å². The Bertz CT molecular complexity index is 996. The summed E-state index contributed by atoms with van der Waals surface area (Å²) in [6.45, 7) is 2.32. The molecule has 1 aliphatic heterocycles. The summed E-state index contributed by atoms with van der Waals surface area (Å²) in [6, 6.07) is 11.7. The van der Waals surface area contributed by atoms with Gasteiger partial charge in [0, 0.05) is 49.5 Å².